The van der Waals surface area contributed by atoms with Crippen LogP contribution in [0.5, 0.6) is 0 Å². The highest BCUT2D eigenvalue weighted by molar-refractivity contribution is 6.41. The van der Waals surface area contributed by atoms with Crippen LogP contribution in [0.1, 0.15) is 39.0 Å². The molecule has 0 bridgehead atoms. The van der Waals surface area contributed by atoms with Crippen LogP contribution >= 0.6 is 0 Å². The molecule has 0 saturated heterocycles. The number of aliphatic imine (C=N–C) groups is 2. The molecule has 17 heavy (non-hydrogen) atoms. The SMILES string of the molecule is C=C(O)/N=C(\C)C1=NC2(CCCCC2)C(=O)O1. The fourth-order valence-electron chi connectivity index (χ4n) is 2.29. The van der Waals surface area contributed by atoms with E-state index in [1.165, 1.54) is 0 Å². The summed E-state index contributed by atoms with van der Waals surface area (Å²) in [5.41, 5.74) is -0.311. The van der Waals surface area contributed by atoms with Crippen molar-refractivity contribution in [1.29, 1.82) is 0 Å². The standard InChI is InChI=1S/C12H16N2O3/c1-8(13-9(2)15)10-14-12(11(16)17-10)6-4-3-5-7-12/h15H,2-7H2,1H3/b13-8+. The molecule has 1 saturated carbocycles. The maximum Gasteiger partial charge on any atom is 0.340 e. The van der Waals surface area contributed by atoms with E-state index in [4.69, 9.17) is 9.84 Å². The summed E-state index contributed by atoms with van der Waals surface area (Å²) in [6.45, 7) is 4.90. The predicted octanol–water partition coefficient (Wildman–Crippen LogP) is 2.13. The third-order valence-electron chi connectivity index (χ3n) is 3.17. The van der Waals surface area contributed by atoms with Crippen molar-refractivity contribution in [3.8, 4) is 0 Å². The monoisotopic (exact) mass is 236 g/mol. The molecular formula is C12H16N2O3. The van der Waals surface area contributed by atoms with Crippen LogP contribution in [0.2, 0.25) is 0 Å². The van der Waals surface area contributed by atoms with Crippen LogP contribution in [0, 0.1) is 0 Å². The topological polar surface area (TPSA) is 71.2 Å². The van der Waals surface area contributed by atoms with Crippen molar-refractivity contribution >= 4 is 17.6 Å². The first-order chi connectivity index (χ1) is 8.03. The van der Waals surface area contributed by atoms with Crippen molar-refractivity contribution in [2.24, 2.45) is 9.98 Å². The number of hydrogen-bond acceptors (Lipinski definition) is 5. The van der Waals surface area contributed by atoms with Crippen LogP contribution in [0.4, 0.5) is 0 Å². The minimum absolute atomic E-state index is 0.215. The average molecular weight is 236 g/mol. The highest BCUT2D eigenvalue weighted by Gasteiger charge is 2.46. The zero-order chi connectivity index (χ0) is 12.5. The number of aliphatic hydroxyl groups is 1. The predicted molar refractivity (Wildman–Crippen MR) is 64.2 cm³/mol. The van der Waals surface area contributed by atoms with E-state index in [1.54, 1.807) is 6.92 Å². The Hall–Kier alpha value is -1.65. The Balaban J connectivity index is 2.24. The van der Waals surface area contributed by atoms with Gasteiger partial charge in [0.25, 0.3) is 0 Å². The maximum atomic E-state index is 11.9. The lowest BCUT2D eigenvalue weighted by Crippen LogP contribution is -2.35. The number of esters is 1. The molecule has 5 nitrogen and oxygen atoms in total. The lowest BCUT2D eigenvalue weighted by atomic mass is 9.83. The number of cyclic esters (lactones) is 1. The minimum atomic E-state index is -0.693. The molecule has 1 aliphatic carbocycles. The van der Waals surface area contributed by atoms with Crippen LogP contribution < -0.4 is 0 Å². The second-order valence-corrected chi connectivity index (χ2v) is 4.51. The maximum absolute atomic E-state index is 11.9. The lowest BCUT2D eigenvalue weighted by molar-refractivity contribution is -0.140. The van der Waals surface area contributed by atoms with E-state index in [1.807, 2.05) is 0 Å². The van der Waals surface area contributed by atoms with Crippen LogP contribution in [0.25, 0.3) is 0 Å². The second-order valence-electron chi connectivity index (χ2n) is 4.51. The van der Waals surface area contributed by atoms with Crippen molar-refractivity contribution in [3.63, 3.8) is 0 Å². The molecular weight excluding hydrogens is 220 g/mol. The van der Waals surface area contributed by atoms with Gasteiger partial charge in [-0.1, -0.05) is 19.3 Å². The number of carbonyl (C=O) groups excluding carboxylic acids is 1. The van der Waals surface area contributed by atoms with E-state index >= 15 is 0 Å². The van der Waals surface area contributed by atoms with Gasteiger partial charge in [0.1, 0.15) is 5.71 Å². The van der Waals surface area contributed by atoms with Gasteiger partial charge < -0.3 is 9.84 Å². The summed E-state index contributed by atoms with van der Waals surface area (Å²) < 4.78 is 5.15. The summed E-state index contributed by atoms with van der Waals surface area (Å²) in [6.07, 6.45) is 4.61. The average Bonchev–Trinajstić information content (AvgIpc) is 2.57. The molecule has 0 amide bonds. The van der Waals surface area contributed by atoms with Crippen molar-refractivity contribution < 1.29 is 14.6 Å². The molecule has 2 aliphatic rings. The Bertz CT molecular complexity index is 417. The largest absolute Gasteiger partial charge is 0.494 e. The fourth-order valence-corrected chi connectivity index (χ4v) is 2.29. The van der Waals surface area contributed by atoms with Crippen molar-refractivity contribution in [3.05, 3.63) is 12.5 Å². The van der Waals surface area contributed by atoms with Crippen molar-refractivity contribution in [2.75, 3.05) is 0 Å². The molecule has 0 radical (unpaired) electrons. The van der Waals surface area contributed by atoms with Gasteiger partial charge in [-0.3, -0.25) is 0 Å². The van der Waals surface area contributed by atoms with Gasteiger partial charge >= 0.3 is 5.97 Å². The minimum Gasteiger partial charge on any atom is -0.494 e. The molecule has 1 N–H and O–H groups in total. The smallest absolute Gasteiger partial charge is 0.340 e. The van der Waals surface area contributed by atoms with Gasteiger partial charge in [0.05, 0.1) is 0 Å². The highest BCUT2D eigenvalue weighted by atomic mass is 16.6. The molecule has 0 aromatic carbocycles. The molecule has 0 atom stereocenters. The molecule has 1 fully saturated rings. The normalized spacial score (nSPS) is 23.5. The molecule has 0 aromatic heterocycles. The zero-order valence-corrected chi connectivity index (χ0v) is 9.90. The second kappa shape index (κ2) is 4.31. The van der Waals surface area contributed by atoms with Gasteiger partial charge in [0, 0.05) is 0 Å². The zero-order valence-electron chi connectivity index (χ0n) is 9.90. The number of carbonyl (C=O) groups is 1. The Kier molecular flexibility index (Phi) is 3.00. The lowest BCUT2D eigenvalue weighted by Gasteiger charge is -2.25. The highest BCUT2D eigenvalue weighted by Crippen LogP contribution is 2.36. The number of aliphatic hydroxyl groups excluding tert-OH is 1. The fraction of sp³-hybridized carbons (Fsp3) is 0.583. The summed E-state index contributed by atoms with van der Waals surface area (Å²) in [6, 6.07) is 0. The van der Waals surface area contributed by atoms with Gasteiger partial charge in [-0.2, -0.15) is 0 Å². The Morgan fingerprint density at radius 1 is 1.47 bits per heavy atom. The van der Waals surface area contributed by atoms with Crippen LogP contribution in [-0.4, -0.2) is 28.2 Å². The van der Waals surface area contributed by atoms with Gasteiger partial charge in [-0.05, 0) is 26.3 Å². The summed E-state index contributed by atoms with van der Waals surface area (Å²) >= 11 is 0. The first-order valence-corrected chi connectivity index (χ1v) is 5.79. The molecule has 0 unspecified atom stereocenters. The van der Waals surface area contributed by atoms with Gasteiger partial charge in [0.2, 0.25) is 11.8 Å². The van der Waals surface area contributed by atoms with Gasteiger partial charge in [-0.25, -0.2) is 14.8 Å². The number of rotatable bonds is 2. The van der Waals surface area contributed by atoms with Crippen LogP contribution in [0.15, 0.2) is 22.4 Å². The summed E-state index contributed by atoms with van der Waals surface area (Å²) in [5.74, 6) is -0.386. The summed E-state index contributed by atoms with van der Waals surface area (Å²) in [7, 11) is 0. The van der Waals surface area contributed by atoms with E-state index in [9.17, 15) is 4.79 Å². The molecule has 0 aromatic rings. The number of ether oxygens (including phenoxy) is 1. The molecule has 2 rings (SSSR count). The van der Waals surface area contributed by atoms with E-state index in [0.717, 1.165) is 32.1 Å². The Labute approximate surface area is 99.9 Å². The van der Waals surface area contributed by atoms with Crippen molar-refractivity contribution in [1.82, 2.24) is 0 Å². The Morgan fingerprint density at radius 3 is 2.71 bits per heavy atom. The first-order valence-electron chi connectivity index (χ1n) is 5.79. The molecule has 1 aliphatic heterocycles. The van der Waals surface area contributed by atoms with E-state index in [-0.39, 0.29) is 17.8 Å². The molecule has 1 spiro atoms. The number of nitrogens with zero attached hydrogens (tertiary/aromatic N) is 2. The third-order valence-corrected chi connectivity index (χ3v) is 3.17. The van der Waals surface area contributed by atoms with Crippen LogP contribution in [0.3, 0.4) is 0 Å². The van der Waals surface area contributed by atoms with Crippen LogP contribution in [-0.2, 0) is 9.53 Å². The first kappa shape index (κ1) is 11.8. The third kappa shape index (κ3) is 2.23. The quantitative estimate of drug-likeness (QED) is 0.453. The molecule has 5 heteroatoms. The van der Waals surface area contributed by atoms with E-state index < -0.39 is 5.54 Å². The number of hydrogen-bond donors (Lipinski definition) is 1. The van der Waals surface area contributed by atoms with Gasteiger partial charge in [-0.15, -0.1) is 0 Å². The van der Waals surface area contributed by atoms with Crippen molar-refractivity contribution in [2.45, 2.75) is 44.6 Å². The molecule has 1 heterocycles. The molecule has 92 valence electrons. The van der Waals surface area contributed by atoms with E-state index in [2.05, 4.69) is 16.6 Å². The summed E-state index contributed by atoms with van der Waals surface area (Å²) in [5, 5.41) is 8.97. The Morgan fingerprint density at radius 2 is 2.12 bits per heavy atom. The van der Waals surface area contributed by atoms with Gasteiger partial charge in [0.15, 0.2) is 5.54 Å². The summed E-state index contributed by atoms with van der Waals surface area (Å²) in [4.78, 5) is 20.0. The van der Waals surface area contributed by atoms with E-state index in [0.29, 0.717) is 5.71 Å².